The highest BCUT2D eigenvalue weighted by Crippen LogP contribution is 2.33. The quantitative estimate of drug-likeness (QED) is 0.687. The third kappa shape index (κ3) is 2.46. The van der Waals surface area contributed by atoms with E-state index in [2.05, 4.69) is 5.32 Å². The third-order valence-electron chi connectivity index (χ3n) is 2.19. The third-order valence-corrected chi connectivity index (χ3v) is 3.58. The highest BCUT2D eigenvalue weighted by Gasteiger charge is 2.39. The van der Waals surface area contributed by atoms with Gasteiger partial charge in [0.15, 0.2) is 5.78 Å². The van der Waals surface area contributed by atoms with E-state index in [1.54, 1.807) is 11.8 Å². The van der Waals surface area contributed by atoms with Crippen LogP contribution in [0.2, 0.25) is 0 Å². The number of hydrogen-bond donors (Lipinski definition) is 1. The van der Waals surface area contributed by atoms with Crippen LogP contribution in [0, 0.1) is 0 Å². The van der Waals surface area contributed by atoms with Crippen LogP contribution in [0.4, 0.5) is 0 Å². The van der Waals surface area contributed by atoms with Crippen molar-refractivity contribution in [2.75, 3.05) is 5.75 Å². The molecule has 0 aromatic heterocycles. The Morgan fingerprint density at radius 2 is 2.23 bits per heavy atom. The summed E-state index contributed by atoms with van der Waals surface area (Å²) >= 11 is 1.74. The number of ketones is 1. The van der Waals surface area contributed by atoms with E-state index >= 15 is 0 Å². The van der Waals surface area contributed by atoms with E-state index in [-0.39, 0.29) is 22.5 Å². The van der Waals surface area contributed by atoms with Crippen molar-refractivity contribution < 1.29 is 9.59 Å². The minimum Gasteiger partial charge on any atom is -0.345 e. The Morgan fingerprint density at radius 3 is 2.69 bits per heavy atom. The zero-order chi connectivity index (χ0) is 10.1. The second-order valence-electron chi connectivity index (χ2n) is 3.80. The van der Waals surface area contributed by atoms with Gasteiger partial charge in [-0.1, -0.05) is 0 Å². The second kappa shape index (κ2) is 3.70. The molecule has 1 amide bonds. The average Bonchev–Trinajstić information content (AvgIpc) is 1.96. The molecule has 1 unspecified atom stereocenters. The maximum absolute atomic E-state index is 11.5. The molecule has 1 aliphatic heterocycles. The molecule has 0 bridgehead atoms. The SMILES string of the molecule is CC(=O)NC1C(=O)CCSC1(C)C. The van der Waals surface area contributed by atoms with Crippen molar-refractivity contribution in [2.45, 2.75) is 38.0 Å². The van der Waals surface area contributed by atoms with Crippen LogP contribution < -0.4 is 5.32 Å². The summed E-state index contributed by atoms with van der Waals surface area (Å²) in [6.07, 6.45) is 0.568. The second-order valence-corrected chi connectivity index (χ2v) is 5.55. The van der Waals surface area contributed by atoms with E-state index < -0.39 is 0 Å². The summed E-state index contributed by atoms with van der Waals surface area (Å²) in [6.45, 7) is 5.44. The van der Waals surface area contributed by atoms with E-state index in [1.807, 2.05) is 13.8 Å². The standard InChI is InChI=1S/C9H15NO2S/c1-6(11)10-8-7(12)4-5-13-9(8,2)3/h8H,4-5H2,1-3H3,(H,10,11). The van der Waals surface area contributed by atoms with E-state index in [4.69, 9.17) is 0 Å². The predicted octanol–water partition coefficient (Wildman–Crippen LogP) is 0.976. The van der Waals surface area contributed by atoms with Gasteiger partial charge in [-0.2, -0.15) is 11.8 Å². The van der Waals surface area contributed by atoms with Gasteiger partial charge in [0.05, 0.1) is 0 Å². The Labute approximate surface area is 82.6 Å². The maximum Gasteiger partial charge on any atom is 0.217 e. The number of carbonyl (C=O) groups is 2. The molecule has 3 nitrogen and oxygen atoms in total. The van der Waals surface area contributed by atoms with Crippen molar-refractivity contribution in [3.05, 3.63) is 0 Å². The lowest BCUT2D eigenvalue weighted by Gasteiger charge is -2.36. The molecule has 1 heterocycles. The van der Waals surface area contributed by atoms with Crippen molar-refractivity contribution in [3.8, 4) is 0 Å². The smallest absolute Gasteiger partial charge is 0.217 e. The van der Waals surface area contributed by atoms with Gasteiger partial charge in [0.2, 0.25) is 5.91 Å². The first-order chi connectivity index (χ1) is 5.93. The summed E-state index contributed by atoms with van der Waals surface area (Å²) < 4.78 is -0.166. The topological polar surface area (TPSA) is 46.2 Å². The average molecular weight is 201 g/mol. The Kier molecular flexibility index (Phi) is 3.01. The molecule has 1 aliphatic rings. The Hall–Kier alpha value is -0.510. The van der Waals surface area contributed by atoms with Crippen LogP contribution in [0.25, 0.3) is 0 Å². The van der Waals surface area contributed by atoms with E-state index in [9.17, 15) is 9.59 Å². The number of hydrogen-bond acceptors (Lipinski definition) is 3. The number of nitrogens with one attached hydrogen (secondary N) is 1. The molecule has 1 N–H and O–H groups in total. The van der Waals surface area contributed by atoms with Gasteiger partial charge in [0.1, 0.15) is 6.04 Å². The van der Waals surface area contributed by atoms with Crippen LogP contribution in [0.1, 0.15) is 27.2 Å². The predicted molar refractivity (Wildman–Crippen MR) is 53.8 cm³/mol. The minimum atomic E-state index is -0.316. The first kappa shape index (κ1) is 10.6. The van der Waals surface area contributed by atoms with Gasteiger partial charge >= 0.3 is 0 Å². The Morgan fingerprint density at radius 1 is 1.62 bits per heavy atom. The van der Waals surface area contributed by atoms with Gasteiger partial charge < -0.3 is 5.32 Å². The summed E-state index contributed by atoms with van der Waals surface area (Å²) in [5, 5.41) is 2.71. The van der Waals surface area contributed by atoms with Crippen molar-refractivity contribution in [2.24, 2.45) is 0 Å². The lowest BCUT2D eigenvalue weighted by atomic mass is 9.96. The van der Waals surface area contributed by atoms with Gasteiger partial charge in [-0.05, 0) is 13.8 Å². The molecule has 1 saturated heterocycles. The lowest BCUT2D eigenvalue weighted by Crippen LogP contribution is -2.54. The molecule has 0 aromatic carbocycles. The first-order valence-corrected chi connectivity index (χ1v) is 5.36. The van der Waals surface area contributed by atoms with Crippen LogP contribution in [0.3, 0.4) is 0 Å². The molecule has 74 valence electrons. The van der Waals surface area contributed by atoms with E-state index in [1.165, 1.54) is 6.92 Å². The molecule has 0 saturated carbocycles. The monoisotopic (exact) mass is 201 g/mol. The summed E-state index contributed by atoms with van der Waals surface area (Å²) in [4.78, 5) is 22.4. The largest absolute Gasteiger partial charge is 0.345 e. The van der Waals surface area contributed by atoms with Crippen LogP contribution in [0.15, 0.2) is 0 Å². The minimum absolute atomic E-state index is 0.131. The number of thioether (sulfide) groups is 1. The molecular formula is C9H15NO2S. The van der Waals surface area contributed by atoms with Gasteiger partial charge in [-0.25, -0.2) is 0 Å². The fourth-order valence-electron chi connectivity index (χ4n) is 1.49. The normalized spacial score (nSPS) is 27.0. The molecule has 0 radical (unpaired) electrons. The zero-order valence-corrected chi connectivity index (χ0v) is 9.03. The molecule has 4 heteroatoms. The van der Waals surface area contributed by atoms with Crippen LogP contribution in [0.5, 0.6) is 0 Å². The molecule has 13 heavy (non-hydrogen) atoms. The van der Waals surface area contributed by atoms with Crippen LogP contribution in [-0.2, 0) is 9.59 Å². The molecule has 0 spiro atoms. The molecule has 0 aromatic rings. The Balaban J connectivity index is 2.74. The van der Waals surface area contributed by atoms with Gasteiger partial charge in [-0.15, -0.1) is 0 Å². The van der Waals surface area contributed by atoms with Crippen molar-refractivity contribution >= 4 is 23.5 Å². The summed E-state index contributed by atoms with van der Waals surface area (Å²) in [5.41, 5.74) is 0. The highest BCUT2D eigenvalue weighted by atomic mass is 32.2. The number of Topliss-reactive ketones (excluding diaryl/α,β-unsaturated/α-hetero) is 1. The van der Waals surface area contributed by atoms with Crippen molar-refractivity contribution in [1.82, 2.24) is 5.32 Å². The van der Waals surface area contributed by atoms with Gasteiger partial charge in [0, 0.05) is 23.8 Å². The number of amides is 1. The highest BCUT2D eigenvalue weighted by molar-refractivity contribution is 8.00. The fraction of sp³-hybridized carbons (Fsp3) is 0.778. The van der Waals surface area contributed by atoms with Gasteiger partial charge in [-0.3, -0.25) is 9.59 Å². The molecule has 1 fully saturated rings. The zero-order valence-electron chi connectivity index (χ0n) is 8.22. The summed E-state index contributed by atoms with van der Waals surface area (Å²) in [5.74, 6) is 0.884. The van der Waals surface area contributed by atoms with Crippen LogP contribution in [-0.4, -0.2) is 28.2 Å². The van der Waals surface area contributed by atoms with E-state index in [0.29, 0.717) is 6.42 Å². The number of carbonyl (C=O) groups excluding carboxylic acids is 2. The van der Waals surface area contributed by atoms with Crippen LogP contribution >= 0.6 is 11.8 Å². The fourth-order valence-corrected chi connectivity index (χ4v) is 2.67. The van der Waals surface area contributed by atoms with Gasteiger partial charge in [0.25, 0.3) is 0 Å². The van der Waals surface area contributed by atoms with Crippen molar-refractivity contribution in [3.63, 3.8) is 0 Å². The Bertz CT molecular complexity index is 238. The molecule has 1 rings (SSSR count). The summed E-state index contributed by atoms with van der Waals surface area (Å²) in [6, 6.07) is -0.316. The van der Waals surface area contributed by atoms with Crippen molar-refractivity contribution in [1.29, 1.82) is 0 Å². The first-order valence-electron chi connectivity index (χ1n) is 4.37. The van der Waals surface area contributed by atoms with E-state index in [0.717, 1.165) is 5.75 Å². The lowest BCUT2D eigenvalue weighted by molar-refractivity contribution is -0.127. The molecular weight excluding hydrogens is 186 g/mol. The molecule has 0 aliphatic carbocycles. The summed E-state index contributed by atoms with van der Waals surface area (Å²) in [7, 11) is 0. The molecule has 1 atom stereocenters. The maximum atomic E-state index is 11.5. The number of rotatable bonds is 1.